The molecule has 35 heavy (non-hydrogen) atoms. The molecule has 2 aliphatic rings. The zero-order chi connectivity index (χ0) is 24.4. The highest BCUT2D eigenvalue weighted by atomic mass is 32.1. The number of carboxylic acids is 1. The second-order valence-corrected chi connectivity index (χ2v) is 9.41. The van der Waals surface area contributed by atoms with Crippen LogP contribution in [0.4, 0.5) is 4.79 Å². The van der Waals surface area contributed by atoms with E-state index in [4.69, 9.17) is 14.6 Å². The van der Waals surface area contributed by atoms with Crippen molar-refractivity contribution in [2.45, 2.75) is 31.0 Å². The first-order valence-electron chi connectivity index (χ1n) is 11.2. The Bertz CT molecular complexity index is 1230. The summed E-state index contributed by atoms with van der Waals surface area (Å²) in [6.45, 7) is 0.585. The molecule has 1 aromatic heterocycles. The fraction of sp³-hybridized carbons (Fsp3) is 0.280. The average Bonchev–Trinajstić information content (AvgIpc) is 3.59. The normalized spacial score (nSPS) is 18.5. The molecule has 2 aromatic carbocycles. The monoisotopic (exact) mass is 493 g/mol. The number of benzene rings is 2. The third kappa shape index (κ3) is 4.75. The Balaban J connectivity index is 1.16. The molecule has 1 aliphatic carbocycles. The fourth-order valence-corrected chi connectivity index (χ4v) is 5.24. The molecule has 0 spiro atoms. The van der Waals surface area contributed by atoms with Gasteiger partial charge in [-0.15, -0.1) is 11.3 Å². The van der Waals surface area contributed by atoms with E-state index in [1.54, 1.807) is 0 Å². The summed E-state index contributed by atoms with van der Waals surface area (Å²) in [5.74, 6) is -1.52. The van der Waals surface area contributed by atoms with Crippen molar-refractivity contribution in [3.63, 3.8) is 0 Å². The highest BCUT2D eigenvalue weighted by Gasteiger charge is 2.36. The zero-order valence-electron chi connectivity index (χ0n) is 18.6. The summed E-state index contributed by atoms with van der Waals surface area (Å²) in [6, 6.07) is 15.7. The van der Waals surface area contributed by atoms with E-state index in [9.17, 15) is 14.4 Å². The summed E-state index contributed by atoms with van der Waals surface area (Å²) >= 11 is 0.990. The Morgan fingerprint density at radius 3 is 2.43 bits per heavy atom. The molecule has 3 aromatic rings. The molecular weight excluding hydrogens is 470 g/mol. The Kier molecular flexibility index (Phi) is 6.47. The molecule has 9 nitrogen and oxygen atoms in total. The molecule has 2 heterocycles. The van der Waals surface area contributed by atoms with Crippen molar-refractivity contribution in [3.8, 4) is 11.1 Å². The third-order valence-electron chi connectivity index (χ3n) is 6.18. The number of rotatable bonds is 7. The standard InChI is InChI=1S/C25H23N3O6S/c29-23(27-12-21-26-11-20(35-21)24(30)31)22-19(9-10-33-22)28-25(32)34-13-18-16-7-3-1-5-14(16)15-6-2-4-8-17(15)18/h1-8,11,18-19,22H,9-10,12-13H2,(H,27,29)(H,28,32)(H,30,31). The maximum Gasteiger partial charge on any atom is 0.407 e. The van der Waals surface area contributed by atoms with Crippen LogP contribution >= 0.6 is 11.3 Å². The van der Waals surface area contributed by atoms with Crippen LogP contribution in [-0.2, 0) is 20.8 Å². The number of amides is 2. The number of aromatic nitrogens is 1. The molecule has 0 bridgehead atoms. The van der Waals surface area contributed by atoms with Gasteiger partial charge in [0, 0.05) is 12.5 Å². The summed E-state index contributed by atoms with van der Waals surface area (Å²) < 4.78 is 11.1. The third-order valence-corrected chi connectivity index (χ3v) is 7.16. The SMILES string of the molecule is O=C(NC1CCOC1C(=O)NCc1ncc(C(=O)O)s1)OCC1c2ccccc2-c2ccccc21. The van der Waals surface area contributed by atoms with Crippen molar-refractivity contribution >= 4 is 29.3 Å². The Morgan fingerprint density at radius 2 is 1.77 bits per heavy atom. The van der Waals surface area contributed by atoms with Crippen LogP contribution < -0.4 is 10.6 Å². The first-order chi connectivity index (χ1) is 17.0. The Hall–Kier alpha value is -3.76. The van der Waals surface area contributed by atoms with Crippen LogP contribution in [0, 0.1) is 0 Å². The summed E-state index contributed by atoms with van der Waals surface area (Å²) in [5.41, 5.74) is 4.54. The first-order valence-corrected chi connectivity index (χ1v) is 12.0. The Labute approximate surface area is 205 Å². The minimum atomic E-state index is -1.06. The summed E-state index contributed by atoms with van der Waals surface area (Å²) in [6.07, 6.45) is 0.255. The predicted molar refractivity (Wildman–Crippen MR) is 127 cm³/mol. The maximum atomic E-state index is 12.6. The van der Waals surface area contributed by atoms with Crippen LogP contribution in [-0.4, -0.2) is 53.4 Å². The predicted octanol–water partition coefficient (Wildman–Crippen LogP) is 3.15. The Morgan fingerprint density at radius 1 is 1.09 bits per heavy atom. The van der Waals surface area contributed by atoms with Gasteiger partial charge in [0.1, 0.15) is 16.5 Å². The lowest BCUT2D eigenvalue weighted by molar-refractivity contribution is -0.130. The van der Waals surface area contributed by atoms with Gasteiger partial charge in [-0.3, -0.25) is 4.79 Å². The van der Waals surface area contributed by atoms with Gasteiger partial charge in [-0.25, -0.2) is 14.6 Å². The molecule has 2 unspecified atom stereocenters. The molecular formula is C25H23N3O6S. The summed E-state index contributed by atoms with van der Waals surface area (Å²) in [5, 5.41) is 14.9. The van der Waals surface area contributed by atoms with E-state index >= 15 is 0 Å². The topological polar surface area (TPSA) is 127 Å². The molecule has 1 aliphatic heterocycles. The number of ether oxygens (including phenoxy) is 2. The van der Waals surface area contributed by atoms with Crippen molar-refractivity contribution in [1.82, 2.24) is 15.6 Å². The fourth-order valence-electron chi connectivity index (χ4n) is 4.54. The number of carbonyl (C=O) groups is 3. The second-order valence-electron chi connectivity index (χ2n) is 8.30. The zero-order valence-corrected chi connectivity index (χ0v) is 19.4. The van der Waals surface area contributed by atoms with Gasteiger partial charge >= 0.3 is 12.1 Å². The van der Waals surface area contributed by atoms with E-state index in [0.717, 1.165) is 33.6 Å². The summed E-state index contributed by atoms with van der Waals surface area (Å²) in [7, 11) is 0. The van der Waals surface area contributed by atoms with E-state index in [1.165, 1.54) is 6.20 Å². The van der Waals surface area contributed by atoms with Gasteiger partial charge in [0.05, 0.1) is 18.8 Å². The van der Waals surface area contributed by atoms with Crippen LogP contribution in [0.15, 0.2) is 54.7 Å². The van der Waals surface area contributed by atoms with Gasteiger partial charge in [-0.1, -0.05) is 48.5 Å². The van der Waals surface area contributed by atoms with Crippen LogP contribution in [0.5, 0.6) is 0 Å². The number of carbonyl (C=O) groups excluding carboxylic acids is 2. The maximum absolute atomic E-state index is 12.6. The molecule has 2 atom stereocenters. The van der Waals surface area contributed by atoms with Gasteiger partial charge in [-0.05, 0) is 28.7 Å². The van der Waals surface area contributed by atoms with Gasteiger partial charge in [-0.2, -0.15) is 0 Å². The van der Waals surface area contributed by atoms with E-state index < -0.39 is 30.1 Å². The number of aromatic carboxylic acids is 1. The number of hydrogen-bond donors (Lipinski definition) is 3. The number of thiazole rings is 1. The van der Waals surface area contributed by atoms with E-state index in [-0.39, 0.29) is 23.9 Å². The first kappa shape index (κ1) is 23.0. The minimum Gasteiger partial charge on any atom is -0.477 e. The van der Waals surface area contributed by atoms with Crippen LogP contribution in [0.3, 0.4) is 0 Å². The summed E-state index contributed by atoms with van der Waals surface area (Å²) in [4.78, 5) is 40.3. The van der Waals surface area contributed by atoms with Crippen molar-refractivity contribution in [1.29, 1.82) is 0 Å². The molecule has 5 rings (SSSR count). The number of hydrogen-bond acceptors (Lipinski definition) is 7. The van der Waals surface area contributed by atoms with Crippen molar-refractivity contribution in [2.24, 2.45) is 0 Å². The molecule has 0 saturated carbocycles. The van der Waals surface area contributed by atoms with Crippen LogP contribution in [0.1, 0.15) is 38.1 Å². The van der Waals surface area contributed by atoms with E-state index in [1.807, 2.05) is 36.4 Å². The van der Waals surface area contributed by atoms with E-state index in [2.05, 4.69) is 27.8 Å². The van der Waals surface area contributed by atoms with Crippen molar-refractivity contribution in [3.05, 3.63) is 75.7 Å². The number of fused-ring (bicyclic) bond motifs is 3. The average molecular weight is 494 g/mol. The van der Waals surface area contributed by atoms with Gasteiger partial charge in [0.15, 0.2) is 6.10 Å². The molecule has 180 valence electrons. The van der Waals surface area contributed by atoms with Crippen LogP contribution in [0.25, 0.3) is 11.1 Å². The largest absolute Gasteiger partial charge is 0.477 e. The highest BCUT2D eigenvalue weighted by molar-refractivity contribution is 7.13. The van der Waals surface area contributed by atoms with Gasteiger partial charge in [0.2, 0.25) is 0 Å². The van der Waals surface area contributed by atoms with Gasteiger partial charge in [0.25, 0.3) is 5.91 Å². The quantitative estimate of drug-likeness (QED) is 0.461. The van der Waals surface area contributed by atoms with Crippen molar-refractivity contribution < 1.29 is 29.0 Å². The molecule has 0 radical (unpaired) electrons. The molecule has 2 amide bonds. The lowest BCUT2D eigenvalue weighted by Gasteiger charge is -2.20. The number of carboxylic acid groups (broad SMARTS) is 1. The van der Waals surface area contributed by atoms with Crippen LogP contribution in [0.2, 0.25) is 0 Å². The molecule has 1 saturated heterocycles. The molecule has 3 N–H and O–H groups in total. The smallest absolute Gasteiger partial charge is 0.407 e. The highest BCUT2D eigenvalue weighted by Crippen LogP contribution is 2.44. The van der Waals surface area contributed by atoms with Gasteiger partial charge < -0.3 is 25.2 Å². The number of nitrogens with zero attached hydrogens (tertiary/aromatic N) is 1. The van der Waals surface area contributed by atoms with Crippen molar-refractivity contribution in [2.75, 3.05) is 13.2 Å². The second kappa shape index (κ2) is 9.85. The lowest BCUT2D eigenvalue weighted by Crippen LogP contribution is -2.48. The van der Waals surface area contributed by atoms with E-state index in [0.29, 0.717) is 18.0 Å². The molecule has 1 fully saturated rings. The lowest BCUT2D eigenvalue weighted by atomic mass is 9.98. The molecule has 10 heteroatoms. The number of nitrogens with one attached hydrogen (secondary N) is 2. The minimum absolute atomic E-state index is 0.0546. The number of alkyl carbamates (subject to hydrolysis) is 1.